The molecule has 144 valence electrons. The van der Waals surface area contributed by atoms with Gasteiger partial charge in [0.05, 0.1) is 21.4 Å². The first-order valence-electron chi connectivity index (χ1n) is 9.46. The Morgan fingerprint density at radius 2 is 1.71 bits per heavy atom. The Kier molecular flexibility index (Phi) is 5.93. The molecule has 0 radical (unpaired) electrons. The highest BCUT2D eigenvalue weighted by Crippen LogP contribution is 2.32. The molecule has 3 aromatic rings. The van der Waals surface area contributed by atoms with Crippen LogP contribution in [0, 0.1) is 0 Å². The molecule has 0 unspecified atom stereocenters. The van der Waals surface area contributed by atoms with Gasteiger partial charge in [-0.1, -0.05) is 48.5 Å². The van der Waals surface area contributed by atoms with Gasteiger partial charge in [-0.3, -0.25) is 4.98 Å². The van der Waals surface area contributed by atoms with E-state index in [1.54, 1.807) is 18.5 Å². The number of anilines is 3. The maximum Gasteiger partial charge on any atom is 0.225 e. The number of benzene rings is 1. The van der Waals surface area contributed by atoms with E-state index < -0.39 is 0 Å². The molecule has 0 spiro atoms. The van der Waals surface area contributed by atoms with Crippen LogP contribution in [0.15, 0.2) is 48.8 Å². The van der Waals surface area contributed by atoms with Gasteiger partial charge >= 0.3 is 0 Å². The van der Waals surface area contributed by atoms with E-state index in [9.17, 15) is 0 Å². The highest BCUT2D eigenvalue weighted by Gasteiger charge is 2.16. The van der Waals surface area contributed by atoms with Crippen LogP contribution in [0.4, 0.5) is 17.5 Å². The van der Waals surface area contributed by atoms with Gasteiger partial charge in [-0.2, -0.15) is 4.98 Å². The zero-order valence-electron chi connectivity index (χ0n) is 15.3. The molecule has 2 N–H and O–H groups in total. The number of hydrogen-bond donors (Lipinski definition) is 2. The van der Waals surface area contributed by atoms with E-state index in [-0.39, 0.29) is 0 Å². The van der Waals surface area contributed by atoms with Gasteiger partial charge in [0.25, 0.3) is 0 Å². The van der Waals surface area contributed by atoms with Crippen LogP contribution in [0.25, 0.3) is 11.3 Å². The predicted molar refractivity (Wildman–Crippen MR) is 116 cm³/mol. The average Bonchev–Trinajstić information content (AvgIpc) is 2.73. The molecule has 2 aromatic heterocycles. The van der Waals surface area contributed by atoms with Crippen molar-refractivity contribution in [3.05, 3.63) is 58.8 Å². The van der Waals surface area contributed by atoms with Gasteiger partial charge in [-0.15, -0.1) is 0 Å². The second-order valence-electron chi connectivity index (χ2n) is 6.90. The fourth-order valence-corrected chi connectivity index (χ4v) is 3.76. The Labute approximate surface area is 174 Å². The van der Waals surface area contributed by atoms with Crippen LogP contribution in [0.3, 0.4) is 0 Å². The summed E-state index contributed by atoms with van der Waals surface area (Å²) in [5, 5.41) is 7.75. The molecule has 0 saturated heterocycles. The lowest BCUT2D eigenvalue weighted by Crippen LogP contribution is -2.23. The molecule has 0 aliphatic heterocycles. The molecule has 1 saturated carbocycles. The smallest absolute Gasteiger partial charge is 0.225 e. The number of aromatic nitrogens is 3. The van der Waals surface area contributed by atoms with Crippen LogP contribution in [0.2, 0.25) is 10.0 Å². The van der Waals surface area contributed by atoms with Crippen LogP contribution >= 0.6 is 23.2 Å². The molecule has 0 bridgehead atoms. The summed E-state index contributed by atoms with van der Waals surface area (Å²) in [6.45, 7) is 0. The standard InChI is InChI=1S/C21H21Cl2N5/c22-16-7-4-8-17(20(16)23)26-19-13-18(14-9-11-24-12-10-14)27-21(28-19)25-15-5-2-1-3-6-15/h4,7-13,15H,1-3,5-6H2,(H2,25,26,27,28). The Hall–Kier alpha value is -2.37. The van der Waals surface area contributed by atoms with E-state index in [4.69, 9.17) is 28.2 Å². The molecule has 0 atom stereocenters. The van der Waals surface area contributed by atoms with Gasteiger partial charge in [-0.25, -0.2) is 4.98 Å². The minimum atomic E-state index is 0.407. The summed E-state index contributed by atoms with van der Waals surface area (Å²) < 4.78 is 0. The van der Waals surface area contributed by atoms with Crippen molar-refractivity contribution in [2.45, 2.75) is 38.1 Å². The lowest BCUT2D eigenvalue weighted by molar-refractivity contribution is 0.461. The predicted octanol–water partition coefficient (Wildman–Crippen LogP) is 6.33. The van der Waals surface area contributed by atoms with Crippen LogP contribution in [-0.4, -0.2) is 21.0 Å². The molecule has 5 nitrogen and oxygen atoms in total. The monoisotopic (exact) mass is 413 g/mol. The number of rotatable bonds is 5. The molecule has 4 rings (SSSR count). The second kappa shape index (κ2) is 8.76. The van der Waals surface area contributed by atoms with Gasteiger partial charge < -0.3 is 10.6 Å². The number of halogens is 2. The zero-order chi connectivity index (χ0) is 19.3. The Morgan fingerprint density at radius 3 is 2.50 bits per heavy atom. The molecule has 2 heterocycles. The maximum atomic E-state index is 6.33. The first-order chi connectivity index (χ1) is 13.7. The molecule has 7 heteroatoms. The van der Waals surface area contributed by atoms with E-state index in [0.29, 0.717) is 33.5 Å². The van der Waals surface area contributed by atoms with Crippen molar-refractivity contribution >= 4 is 40.7 Å². The van der Waals surface area contributed by atoms with Crippen molar-refractivity contribution in [1.29, 1.82) is 0 Å². The number of pyridine rings is 1. The summed E-state index contributed by atoms with van der Waals surface area (Å²) in [4.78, 5) is 13.5. The number of nitrogens with one attached hydrogen (secondary N) is 2. The molecule has 1 fully saturated rings. The van der Waals surface area contributed by atoms with Crippen LogP contribution < -0.4 is 10.6 Å². The SMILES string of the molecule is Clc1cccc(Nc2cc(-c3ccncc3)nc(NC3CCCCC3)n2)c1Cl. The third-order valence-corrected chi connectivity index (χ3v) is 5.67. The largest absolute Gasteiger partial charge is 0.351 e. The molecular weight excluding hydrogens is 393 g/mol. The summed E-state index contributed by atoms with van der Waals surface area (Å²) in [6, 6.07) is 11.7. The Balaban J connectivity index is 1.68. The van der Waals surface area contributed by atoms with E-state index in [0.717, 1.165) is 24.1 Å². The fraction of sp³-hybridized carbons (Fsp3) is 0.286. The molecule has 1 aliphatic carbocycles. The van der Waals surface area contributed by atoms with Crippen molar-refractivity contribution in [2.75, 3.05) is 10.6 Å². The van der Waals surface area contributed by atoms with Gasteiger partial charge in [0.1, 0.15) is 5.82 Å². The van der Waals surface area contributed by atoms with Crippen molar-refractivity contribution < 1.29 is 0 Å². The van der Waals surface area contributed by atoms with Crippen LogP contribution in [0.1, 0.15) is 32.1 Å². The maximum absolute atomic E-state index is 6.33. The lowest BCUT2D eigenvalue weighted by atomic mass is 9.96. The normalized spacial score (nSPS) is 14.6. The Morgan fingerprint density at radius 1 is 0.929 bits per heavy atom. The fourth-order valence-electron chi connectivity index (χ4n) is 3.41. The van der Waals surface area contributed by atoms with Crippen LogP contribution in [0.5, 0.6) is 0 Å². The van der Waals surface area contributed by atoms with Gasteiger partial charge in [0.2, 0.25) is 5.95 Å². The molecule has 1 aromatic carbocycles. The minimum absolute atomic E-state index is 0.407. The van der Waals surface area contributed by atoms with Crippen LogP contribution in [-0.2, 0) is 0 Å². The van der Waals surface area contributed by atoms with E-state index in [1.807, 2.05) is 30.3 Å². The summed E-state index contributed by atoms with van der Waals surface area (Å²) in [6.07, 6.45) is 9.59. The van der Waals surface area contributed by atoms with E-state index in [2.05, 4.69) is 20.6 Å². The first-order valence-corrected chi connectivity index (χ1v) is 10.2. The lowest BCUT2D eigenvalue weighted by Gasteiger charge is -2.23. The highest BCUT2D eigenvalue weighted by molar-refractivity contribution is 6.43. The quantitative estimate of drug-likeness (QED) is 0.511. The summed E-state index contributed by atoms with van der Waals surface area (Å²) in [5.41, 5.74) is 2.50. The Bertz CT molecular complexity index is 943. The third kappa shape index (κ3) is 4.54. The molecule has 28 heavy (non-hydrogen) atoms. The molecular formula is C21H21Cl2N5. The third-order valence-electron chi connectivity index (χ3n) is 4.85. The highest BCUT2D eigenvalue weighted by atomic mass is 35.5. The second-order valence-corrected chi connectivity index (χ2v) is 7.69. The summed E-state index contributed by atoms with van der Waals surface area (Å²) in [7, 11) is 0. The topological polar surface area (TPSA) is 62.7 Å². The molecule has 0 amide bonds. The summed E-state index contributed by atoms with van der Waals surface area (Å²) >= 11 is 12.5. The van der Waals surface area contributed by atoms with Crippen molar-refractivity contribution in [2.24, 2.45) is 0 Å². The number of nitrogens with zero attached hydrogens (tertiary/aromatic N) is 3. The first kappa shape index (κ1) is 19.0. The van der Waals surface area contributed by atoms with Gasteiger partial charge in [0, 0.05) is 30.1 Å². The van der Waals surface area contributed by atoms with Crippen molar-refractivity contribution in [3.8, 4) is 11.3 Å². The van der Waals surface area contributed by atoms with Crippen molar-refractivity contribution in [1.82, 2.24) is 15.0 Å². The van der Waals surface area contributed by atoms with E-state index in [1.165, 1.54) is 19.3 Å². The van der Waals surface area contributed by atoms with Gasteiger partial charge in [-0.05, 0) is 37.1 Å². The summed E-state index contributed by atoms with van der Waals surface area (Å²) in [5.74, 6) is 1.27. The molecule has 1 aliphatic rings. The number of hydrogen-bond acceptors (Lipinski definition) is 5. The minimum Gasteiger partial charge on any atom is -0.351 e. The van der Waals surface area contributed by atoms with Crippen molar-refractivity contribution in [3.63, 3.8) is 0 Å². The van der Waals surface area contributed by atoms with Gasteiger partial charge in [0.15, 0.2) is 0 Å². The average molecular weight is 414 g/mol. The van der Waals surface area contributed by atoms with E-state index >= 15 is 0 Å². The zero-order valence-corrected chi connectivity index (χ0v) is 16.8.